The molecule has 102 valence electrons. The van der Waals surface area contributed by atoms with Gasteiger partial charge in [-0.15, -0.1) is 0 Å². The Kier molecular flexibility index (Phi) is 5.77. The zero-order valence-electron chi connectivity index (χ0n) is 11.8. The van der Waals surface area contributed by atoms with Gasteiger partial charge in [0.2, 0.25) is 0 Å². The molecule has 0 amide bonds. The molecule has 0 aromatic heterocycles. The Balaban J connectivity index is 3.44. The van der Waals surface area contributed by atoms with E-state index in [1.807, 2.05) is 0 Å². The average Bonchev–Trinajstić information content (AvgIpc) is 2.29. The van der Waals surface area contributed by atoms with Crippen LogP contribution in [0.5, 0.6) is 0 Å². The van der Waals surface area contributed by atoms with Gasteiger partial charge in [0.1, 0.15) is 6.63 Å². The van der Waals surface area contributed by atoms with Gasteiger partial charge in [-0.3, -0.25) is 0 Å². The van der Waals surface area contributed by atoms with E-state index in [0.29, 0.717) is 0 Å². The topological polar surface area (TPSA) is 3.24 Å². The summed E-state index contributed by atoms with van der Waals surface area (Å²) in [5, 5.41) is 1.12. The number of hydrogen-bond acceptors (Lipinski definition) is 1. The van der Waals surface area contributed by atoms with E-state index in [1.165, 1.54) is 11.3 Å². The van der Waals surface area contributed by atoms with Crippen molar-refractivity contribution in [3.8, 4) is 0 Å². The van der Waals surface area contributed by atoms with Crippen molar-refractivity contribution in [1.29, 1.82) is 0 Å². The van der Waals surface area contributed by atoms with E-state index in [4.69, 9.17) is 22.5 Å². The maximum atomic E-state index is 6.28. The van der Waals surface area contributed by atoms with Crippen molar-refractivity contribution in [3.05, 3.63) is 23.8 Å². The van der Waals surface area contributed by atoms with Gasteiger partial charge in [0, 0.05) is 24.1 Å². The van der Waals surface area contributed by atoms with Crippen LogP contribution in [0.3, 0.4) is 0 Å². The molecule has 0 unspecified atom stereocenters. The van der Waals surface area contributed by atoms with Crippen LogP contribution in [0.25, 0.3) is 0 Å². The van der Waals surface area contributed by atoms with Crippen molar-refractivity contribution in [2.24, 2.45) is 0 Å². The Morgan fingerprint density at radius 1 is 1.11 bits per heavy atom. The van der Waals surface area contributed by atoms with E-state index >= 15 is 0 Å². The maximum Gasteiger partial charge on any atom is 0.119 e. The molecule has 0 radical (unpaired) electrons. The second-order valence-electron chi connectivity index (χ2n) is 5.33. The largest absolute Gasteiger partial charge is 0.372 e. The van der Waals surface area contributed by atoms with Crippen LogP contribution in [0.2, 0.25) is 0 Å². The molecule has 0 aliphatic carbocycles. The predicted molar refractivity (Wildman–Crippen MR) is 87.0 cm³/mol. The van der Waals surface area contributed by atoms with Crippen molar-refractivity contribution in [2.45, 2.75) is 40.0 Å². The Morgan fingerprint density at radius 2 is 1.67 bits per heavy atom. The summed E-state index contributed by atoms with van der Waals surface area (Å²) < 4.78 is 0. The highest BCUT2D eigenvalue weighted by atomic mass is 35.9. The Labute approximate surface area is 122 Å². The normalized spacial score (nSPS) is 12.0. The standard InChI is InChI=1S/C14H22Cl2NP/c1-6-17(7-2)12-10-8-9-11(14(3,4)5)13(12)18(15)16/h8-10H,6-7H2,1-5H3. The van der Waals surface area contributed by atoms with Gasteiger partial charge in [-0.1, -0.05) is 55.4 Å². The van der Waals surface area contributed by atoms with Crippen LogP contribution < -0.4 is 10.2 Å². The Hall–Kier alpha value is 0.0300. The maximum absolute atomic E-state index is 6.28. The van der Waals surface area contributed by atoms with Crippen LogP contribution in [0.1, 0.15) is 40.2 Å². The summed E-state index contributed by atoms with van der Waals surface area (Å²) in [6.07, 6.45) is 0. The lowest BCUT2D eigenvalue weighted by Crippen LogP contribution is -2.30. The summed E-state index contributed by atoms with van der Waals surface area (Å²) in [6.45, 7) is 11.7. The monoisotopic (exact) mass is 305 g/mol. The third-order valence-corrected chi connectivity index (χ3v) is 4.92. The molecule has 1 rings (SSSR count). The predicted octanol–water partition coefficient (Wildman–Crippen LogP) is 5.25. The molecule has 18 heavy (non-hydrogen) atoms. The van der Waals surface area contributed by atoms with E-state index in [0.717, 1.165) is 18.4 Å². The molecule has 0 bridgehead atoms. The van der Waals surface area contributed by atoms with Crippen molar-refractivity contribution in [2.75, 3.05) is 18.0 Å². The van der Waals surface area contributed by atoms with Gasteiger partial charge >= 0.3 is 0 Å². The molecule has 0 heterocycles. The SMILES string of the molecule is CCN(CC)c1cccc(C(C)(C)C)c1P(Cl)Cl. The van der Waals surface area contributed by atoms with E-state index in [-0.39, 0.29) is 5.41 Å². The van der Waals surface area contributed by atoms with Crippen LogP contribution in [0.15, 0.2) is 18.2 Å². The highest BCUT2D eigenvalue weighted by Crippen LogP contribution is 2.50. The van der Waals surface area contributed by atoms with Crippen molar-refractivity contribution in [1.82, 2.24) is 0 Å². The van der Waals surface area contributed by atoms with Crippen molar-refractivity contribution in [3.63, 3.8) is 0 Å². The van der Waals surface area contributed by atoms with Crippen LogP contribution in [0, 0.1) is 0 Å². The molecule has 4 heteroatoms. The third kappa shape index (κ3) is 3.53. The Morgan fingerprint density at radius 3 is 2.06 bits per heavy atom. The number of anilines is 1. The van der Waals surface area contributed by atoms with Crippen LogP contribution in [-0.4, -0.2) is 13.1 Å². The highest BCUT2D eigenvalue weighted by Gasteiger charge is 2.25. The first-order chi connectivity index (χ1) is 8.32. The lowest BCUT2D eigenvalue weighted by Gasteiger charge is -2.30. The molecule has 1 aromatic rings. The van der Waals surface area contributed by atoms with Crippen LogP contribution >= 0.6 is 29.1 Å². The molecular weight excluding hydrogens is 284 g/mol. The zero-order valence-corrected chi connectivity index (χ0v) is 14.2. The fraction of sp³-hybridized carbons (Fsp3) is 0.571. The fourth-order valence-corrected chi connectivity index (χ4v) is 4.18. The van der Waals surface area contributed by atoms with Crippen molar-refractivity contribution >= 4 is 40.1 Å². The summed E-state index contributed by atoms with van der Waals surface area (Å²) >= 11 is 12.6. The first kappa shape index (κ1) is 16.1. The molecule has 1 aromatic carbocycles. The van der Waals surface area contributed by atoms with Gasteiger partial charge in [0.05, 0.1) is 0 Å². The summed E-state index contributed by atoms with van der Waals surface area (Å²) in [5.41, 5.74) is 2.50. The lowest BCUT2D eigenvalue weighted by molar-refractivity contribution is 0.594. The van der Waals surface area contributed by atoms with Gasteiger partial charge in [-0.25, -0.2) is 0 Å². The third-order valence-electron chi connectivity index (χ3n) is 3.10. The van der Waals surface area contributed by atoms with E-state index in [1.54, 1.807) is 0 Å². The second-order valence-corrected chi connectivity index (χ2v) is 8.79. The molecule has 0 spiro atoms. The molecule has 0 aliphatic heterocycles. The summed E-state index contributed by atoms with van der Waals surface area (Å²) in [5.74, 6) is 0. The fourth-order valence-electron chi connectivity index (χ4n) is 2.13. The molecule has 0 saturated carbocycles. The van der Waals surface area contributed by atoms with Crippen LogP contribution in [0.4, 0.5) is 5.69 Å². The summed E-state index contributed by atoms with van der Waals surface area (Å²) in [7, 11) is 0. The van der Waals surface area contributed by atoms with Gasteiger partial charge in [-0.2, -0.15) is 0 Å². The molecule has 0 aliphatic rings. The molecule has 0 fully saturated rings. The average molecular weight is 306 g/mol. The number of nitrogens with zero attached hydrogens (tertiary/aromatic N) is 1. The Bertz CT molecular complexity index is 395. The smallest absolute Gasteiger partial charge is 0.119 e. The minimum Gasteiger partial charge on any atom is -0.372 e. The van der Waals surface area contributed by atoms with E-state index in [9.17, 15) is 0 Å². The molecule has 0 saturated heterocycles. The van der Waals surface area contributed by atoms with Gasteiger partial charge in [0.15, 0.2) is 0 Å². The number of rotatable bonds is 4. The highest BCUT2D eigenvalue weighted by molar-refractivity contribution is 8.09. The molecule has 1 nitrogen and oxygen atoms in total. The molecule has 0 atom stereocenters. The minimum atomic E-state index is -1.14. The molecule has 0 N–H and O–H groups in total. The second kappa shape index (κ2) is 6.46. The van der Waals surface area contributed by atoms with E-state index < -0.39 is 6.63 Å². The first-order valence-electron chi connectivity index (χ1n) is 6.33. The minimum absolute atomic E-state index is 0.0584. The zero-order chi connectivity index (χ0) is 13.9. The van der Waals surface area contributed by atoms with Gasteiger partial charge in [0.25, 0.3) is 0 Å². The number of hydrogen-bond donors (Lipinski definition) is 0. The van der Waals surface area contributed by atoms with E-state index in [2.05, 4.69) is 57.7 Å². The summed E-state index contributed by atoms with van der Waals surface area (Å²) in [4.78, 5) is 2.31. The van der Waals surface area contributed by atoms with Crippen molar-refractivity contribution < 1.29 is 0 Å². The number of halogens is 2. The quantitative estimate of drug-likeness (QED) is 0.687. The van der Waals surface area contributed by atoms with Crippen LogP contribution in [-0.2, 0) is 5.41 Å². The summed E-state index contributed by atoms with van der Waals surface area (Å²) in [6, 6.07) is 6.37. The van der Waals surface area contributed by atoms with Gasteiger partial charge in [-0.05, 0) is 30.9 Å². The van der Waals surface area contributed by atoms with Gasteiger partial charge < -0.3 is 4.90 Å². The molecular formula is C14H22Cl2NP. The number of benzene rings is 1. The lowest BCUT2D eigenvalue weighted by atomic mass is 9.86. The first-order valence-corrected chi connectivity index (χ1v) is 9.48.